The van der Waals surface area contributed by atoms with Gasteiger partial charge >= 0.3 is 12.2 Å². The van der Waals surface area contributed by atoms with Crippen LogP contribution in [0.3, 0.4) is 0 Å². The minimum Gasteiger partial charge on any atom is -1.00 e. The van der Waals surface area contributed by atoms with Gasteiger partial charge < -0.3 is 48.0 Å². The van der Waals surface area contributed by atoms with Crippen LogP contribution in [0.15, 0.2) is 0 Å². The molecule has 1 heterocycles. The number of carbonyl (C=O) groups is 2. The van der Waals surface area contributed by atoms with Crippen molar-refractivity contribution in [3.8, 4) is 0 Å². The predicted octanol–water partition coefficient (Wildman–Crippen LogP) is 3.52. The molecule has 1 rings (SSSR count). The summed E-state index contributed by atoms with van der Waals surface area (Å²) in [6.45, 7) is 6.19. The Balaban J connectivity index is 0.0000144. The summed E-state index contributed by atoms with van der Waals surface area (Å²) in [5.41, 5.74) is 0. The van der Waals surface area contributed by atoms with Crippen molar-refractivity contribution in [2.24, 2.45) is 0 Å². The minimum absolute atomic E-state index is 0. The van der Waals surface area contributed by atoms with E-state index in [-0.39, 0.29) is 43.3 Å². The van der Waals surface area contributed by atoms with E-state index in [1.807, 2.05) is 0 Å². The molecule has 0 radical (unpaired) electrons. The fourth-order valence-electron chi connectivity index (χ4n) is 4.71. The smallest absolute Gasteiger partial charge is 0.410 e. The van der Waals surface area contributed by atoms with E-state index in [0.29, 0.717) is 19.6 Å². The monoisotopic (exact) mass is 669 g/mol. The van der Waals surface area contributed by atoms with Gasteiger partial charge in [-0.1, -0.05) is 103 Å². The average Bonchev–Trinajstić information content (AvgIpc) is 2.90. The molecule has 0 aromatic rings. The van der Waals surface area contributed by atoms with Crippen LogP contribution in [0.2, 0.25) is 0 Å². The fraction of sp³-hybridized carbons (Fsp3) is 0.933. The van der Waals surface area contributed by atoms with Gasteiger partial charge in [0.15, 0.2) is 0 Å². The number of carbonyl (C=O) groups excluding carboxylic acids is 2. The number of likely N-dealkylation sites (N-methyl/N-ethyl adjacent to an activating group) is 1. The van der Waals surface area contributed by atoms with Gasteiger partial charge in [0.2, 0.25) is 0 Å². The molecular formula is C30H60IN3O5. The summed E-state index contributed by atoms with van der Waals surface area (Å²) < 4.78 is 16.8. The lowest BCUT2D eigenvalue weighted by Gasteiger charge is -2.38. The largest absolute Gasteiger partial charge is 1.00 e. The van der Waals surface area contributed by atoms with Crippen molar-refractivity contribution in [3.05, 3.63) is 0 Å². The third-order valence-corrected chi connectivity index (χ3v) is 7.63. The highest BCUT2D eigenvalue weighted by Gasteiger charge is 2.28. The summed E-state index contributed by atoms with van der Waals surface area (Å²) in [7, 11) is 5.84. The summed E-state index contributed by atoms with van der Waals surface area (Å²) in [5.74, 6) is 0. The van der Waals surface area contributed by atoms with Crippen LogP contribution in [-0.2, 0) is 14.2 Å². The van der Waals surface area contributed by atoms with Gasteiger partial charge in [-0.3, -0.25) is 4.90 Å². The SMILES string of the molecule is CCCCCCCCCCCCCCCCCCNC(=O)OCC(COC(=O)N1CC[N+](C)(C)CC1)OC.[I-]. The molecule has 0 saturated carbocycles. The van der Waals surface area contributed by atoms with Gasteiger partial charge in [-0.15, -0.1) is 0 Å². The molecule has 8 nitrogen and oxygen atoms in total. The van der Waals surface area contributed by atoms with Crippen LogP contribution in [0.1, 0.15) is 110 Å². The highest BCUT2D eigenvalue weighted by Crippen LogP contribution is 2.14. The van der Waals surface area contributed by atoms with E-state index < -0.39 is 12.2 Å². The van der Waals surface area contributed by atoms with E-state index in [1.54, 1.807) is 4.90 Å². The van der Waals surface area contributed by atoms with E-state index in [2.05, 4.69) is 26.3 Å². The molecule has 0 aromatic heterocycles. The maximum atomic E-state index is 12.3. The Kier molecular flexibility index (Phi) is 24.4. The lowest BCUT2D eigenvalue weighted by Crippen LogP contribution is -3.00. The molecular weight excluding hydrogens is 609 g/mol. The summed E-state index contributed by atoms with van der Waals surface area (Å²) in [6.07, 6.45) is 20.0. The van der Waals surface area contributed by atoms with Crippen molar-refractivity contribution < 1.29 is 52.3 Å². The second kappa shape index (κ2) is 24.9. The Hall–Kier alpha value is -0.810. The van der Waals surface area contributed by atoms with Crippen LogP contribution in [0.25, 0.3) is 0 Å². The van der Waals surface area contributed by atoms with Crippen LogP contribution < -0.4 is 29.3 Å². The van der Waals surface area contributed by atoms with E-state index in [9.17, 15) is 9.59 Å². The molecule has 1 aliphatic heterocycles. The van der Waals surface area contributed by atoms with Crippen molar-refractivity contribution in [1.29, 1.82) is 0 Å². The number of hydrogen-bond acceptors (Lipinski definition) is 5. The lowest BCUT2D eigenvalue weighted by atomic mass is 10.0. The Morgan fingerprint density at radius 2 is 1.18 bits per heavy atom. The Morgan fingerprint density at radius 3 is 1.64 bits per heavy atom. The van der Waals surface area contributed by atoms with Gasteiger partial charge in [0, 0.05) is 13.7 Å². The van der Waals surface area contributed by atoms with E-state index in [4.69, 9.17) is 14.2 Å². The minimum atomic E-state index is -0.475. The Bertz CT molecular complexity index is 599. The number of halogens is 1. The van der Waals surface area contributed by atoms with Crippen molar-refractivity contribution in [3.63, 3.8) is 0 Å². The number of methoxy groups -OCH3 is 1. The highest BCUT2D eigenvalue weighted by atomic mass is 127. The summed E-state index contributed by atoms with van der Waals surface area (Å²) in [6, 6.07) is 0. The lowest BCUT2D eigenvalue weighted by molar-refractivity contribution is -0.894. The third kappa shape index (κ3) is 21.6. The predicted molar refractivity (Wildman–Crippen MR) is 154 cm³/mol. The zero-order valence-corrected chi connectivity index (χ0v) is 27.8. The zero-order chi connectivity index (χ0) is 27.9. The molecule has 1 saturated heterocycles. The summed E-state index contributed by atoms with van der Waals surface area (Å²) in [5, 5.41) is 2.80. The van der Waals surface area contributed by atoms with Gasteiger partial charge in [-0.05, 0) is 6.42 Å². The van der Waals surface area contributed by atoms with E-state index >= 15 is 0 Å². The third-order valence-electron chi connectivity index (χ3n) is 7.63. The molecule has 1 atom stereocenters. The number of rotatable bonds is 22. The van der Waals surface area contributed by atoms with Gasteiger partial charge in [0.05, 0.1) is 40.3 Å². The first-order valence-corrected chi connectivity index (χ1v) is 15.5. The molecule has 232 valence electrons. The maximum absolute atomic E-state index is 12.3. The molecule has 0 spiro atoms. The summed E-state index contributed by atoms with van der Waals surface area (Å²) >= 11 is 0. The number of amides is 2. The normalized spacial score (nSPS) is 15.3. The molecule has 9 heteroatoms. The number of nitrogens with zero attached hydrogens (tertiary/aromatic N) is 2. The second-order valence-electron chi connectivity index (χ2n) is 11.6. The Morgan fingerprint density at radius 1 is 0.744 bits per heavy atom. The molecule has 39 heavy (non-hydrogen) atoms. The van der Waals surface area contributed by atoms with Crippen molar-refractivity contribution in [1.82, 2.24) is 10.2 Å². The molecule has 0 aliphatic carbocycles. The molecule has 0 bridgehead atoms. The van der Waals surface area contributed by atoms with E-state index in [0.717, 1.165) is 30.4 Å². The molecule has 0 aromatic carbocycles. The van der Waals surface area contributed by atoms with Crippen molar-refractivity contribution in [2.75, 3.05) is 67.1 Å². The summed E-state index contributed by atoms with van der Waals surface area (Å²) in [4.78, 5) is 26.0. The number of ether oxygens (including phenoxy) is 3. The first-order chi connectivity index (χ1) is 18.4. The van der Waals surface area contributed by atoms with Crippen LogP contribution in [0.5, 0.6) is 0 Å². The topological polar surface area (TPSA) is 77.1 Å². The van der Waals surface area contributed by atoms with Crippen LogP contribution in [0.4, 0.5) is 9.59 Å². The molecule has 1 aliphatic rings. The number of nitrogens with one attached hydrogen (secondary N) is 1. The number of piperazine rings is 1. The van der Waals surface area contributed by atoms with E-state index in [1.165, 1.54) is 97.0 Å². The average molecular weight is 670 g/mol. The standard InChI is InChI=1S/C30H59N3O5.HI/c1-5-6-7-8-9-10-11-12-13-14-15-16-17-18-19-20-21-31-29(34)37-26-28(36-4)27-38-30(35)32-22-24-33(2,3)25-23-32;/h28H,5-27H2,1-4H3;1H. The zero-order valence-electron chi connectivity index (χ0n) is 25.7. The van der Waals surface area contributed by atoms with Crippen LogP contribution >= 0.6 is 0 Å². The van der Waals surface area contributed by atoms with Crippen molar-refractivity contribution in [2.45, 2.75) is 116 Å². The molecule has 2 amide bonds. The van der Waals surface area contributed by atoms with Gasteiger partial charge in [0.25, 0.3) is 0 Å². The number of hydrogen-bond donors (Lipinski definition) is 1. The van der Waals surface area contributed by atoms with Gasteiger partial charge in [-0.2, -0.15) is 0 Å². The number of quaternary nitrogens is 1. The first kappa shape index (κ1) is 38.2. The molecule has 1 unspecified atom stereocenters. The van der Waals surface area contributed by atoms with Gasteiger partial charge in [-0.25, -0.2) is 9.59 Å². The maximum Gasteiger partial charge on any atom is 0.410 e. The van der Waals surface area contributed by atoms with Crippen molar-refractivity contribution >= 4 is 12.2 Å². The highest BCUT2D eigenvalue weighted by molar-refractivity contribution is 5.68. The Labute approximate surface area is 256 Å². The molecule has 1 N–H and O–H groups in total. The van der Waals surface area contributed by atoms with Crippen LogP contribution in [0, 0.1) is 0 Å². The van der Waals surface area contributed by atoms with Crippen LogP contribution in [-0.4, -0.2) is 94.8 Å². The number of unbranched alkanes of at least 4 members (excludes halogenated alkanes) is 15. The second-order valence-corrected chi connectivity index (χ2v) is 11.6. The quantitative estimate of drug-likeness (QED) is 0.109. The van der Waals surface area contributed by atoms with Gasteiger partial charge in [0.1, 0.15) is 19.3 Å². The molecule has 1 fully saturated rings. The fourth-order valence-corrected chi connectivity index (χ4v) is 4.71. The first-order valence-electron chi connectivity index (χ1n) is 15.5. The number of alkyl carbamates (subject to hydrolysis) is 1.